The second-order valence-electron chi connectivity index (χ2n) is 5.43. The number of amides is 1. The second kappa shape index (κ2) is 7.74. The minimum atomic E-state index is -3.83. The van der Waals surface area contributed by atoms with Gasteiger partial charge in [0.25, 0.3) is 10.0 Å². The zero-order valence-corrected chi connectivity index (χ0v) is 13.7. The molecule has 122 valence electrons. The Morgan fingerprint density at radius 2 is 1.91 bits per heavy atom. The van der Waals surface area contributed by atoms with E-state index in [-0.39, 0.29) is 17.2 Å². The molecule has 0 N–H and O–H groups in total. The highest BCUT2D eigenvalue weighted by Gasteiger charge is 2.41. The summed E-state index contributed by atoms with van der Waals surface area (Å²) in [6.07, 6.45) is 4.19. The van der Waals surface area contributed by atoms with Gasteiger partial charge in [-0.15, -0.1) is 0 Å². The van der Waals surface area contributed by atoms with Crippen LogP contribution in [0.15, 0.2) is 35.2 Å². The Labute approximate surface area is 132 Å². The maximum Gasteiger partial charge on any atom is 0.268 e. The van der Waals surface area contributed by atoms with Gasteiger partial charge in [-0.3, -0.25) is 4.79 Å². The van der Waals surface area contributed by atoms with Crippen LogP contribution in [0.4, 0.5) is 0 Å². The van der Waals surface area contributed by atoms with Crippen LogP contribution < -0.4 is 0 Å². The predicted octanol–water partition coefficient (Wildman–Crippen LogP) is 2.92. The third-order valence-corrected chi connectivity index (χ3v) is 5.55. The summed E-state index contributed by atoms with van der Waals surface area (Å²) in [5.41, 5.74) is 0. The summed E-state index contributed by atoms with van der Waals surface area (Å²) in [6.45, 7) is 2.61. The van der Waals surface area contributed by atoms with Crippen LogP contribution in [0.1, 0.15) is 45.4 Å². The van der Waals surface area contributed by atoms with Gasteiger partial charge in [-0.2, -0.15) is 0 Å². The van der Waals surface area contributed by atoms with Crippen LogP contribution in [0.25, 0.3) is 0 Å². The average Bonchev–Trinajstić information content (AvgIpc) is 2.89. The molecule has 22 heavy (non-hydrogen) atoms. The van der Waals surface area contributed by atoms with Crippen LogP contribution in [-0.2, 0) is 19.6 Å². The van der Waals surface area contributed by atoms with Crippen molar-refractivity contribution in [1.29, 1.82) is 0 Å². The fourth-order valence-electron chi connectivity index (χ4n) is 2.53. The lowest BCUT2D eigenvalue weighted by atomic mass is 10.2. The molecule has 0 bridgehead atoms. The molecule has 1 heterocycles. The fraction of sp³-hybridized carbons (Fsp3) is 0.562. The van der Waals surface area contributed by atoms with Crippen molar-refractivity contribution in [2.45, 2.75) is 56.6 Å². The number of benzene rings is 1. The van der Waals surface area contributed by atoms with Gasteiger partial charge in [0, 0.05) is 19.4 Å². The molecule has 2 rings (SSSR count). The third kappa shape index (κ3) is 3.87. The number of nitrogens with zero attached hydrogens (tertiary/aromatic N) is 1. The topological polar surface area (TPSA) is 63.7 Å². The fourth-order valence-corrected chi connectivity index (χ4v) is 4.09. The summed E-state index contributed by atoms with van der Waals surface area (Å²) in [7, 11) is -3.83. The van der Waals surface area contributed by atoms with Crippen LogP contribution in [0.2, 0.25) is 0 Å². The van der Waals surface area contributed by atoms with Gasteiger partial charge >= 0.3 is 0 Å². The molecule has 0 saturated carbocycles. The quantitative estimate of drug-likeness (QED) is 0.689. The molecular weight excluding hydrogens is 302 g/mol. The smallest absolute Gasteiger partial charge is 0.268 e. The number of hydrogen-bond acceptors (Lipinski definition) is 4. The van der Waals surface area contributed by atoms with Crippen molar-refractivity contribution in [3.8, 4) is 0 Å². The van der Waals surface area contributed by atoms with Crippen molar-refractivity contribution < 1.29 is 17.9 Å². The predicted molar refractivity (Wildman–Crippen MR) is 83.6 cm³/mol. The lowest BCUT2D eigenvalue weighted by Crippen LogP contribution is -2.40. The Kier molecular flexibility index (Phi) is 5.97. The number of carbonyl (C=O) groups is 1. The highest BCUT2D eigenvalue weighted by Crippen LogP contribution is 2.27. The number of sulfonamides is 1. The maximum absolute atomic E-state index is 12.6. The number of hydrogen-bond donors (Lipinski definition) is 0. The third-order valence-electron chi connectivity index (χ3n) is 3.72. The van der Waals surface area contributed by atoms with Gasteiger partial charge in [-0.1, -0.05) is 44.4 Å². The van der Waals surface area contributed by atoms with Crippen molar-refractivity contribution in [2.75, 3.05) is 6.61 Å². The Morgan fingerprint density at radius 1 is 1.18 bits per heavy atom. The molecule has 1 fully saturated rings. The first-order valence-electron chi connectivity index (χ1n) is 7.81. The molecule has 1 atom stereocenters. The van der Waals surface area contributed by atoms with E-state index in [1.165, 1.54) is 12.1 Å². The monoisotopic (exact) mass is 325 g/mol. The van der Waals surface area contributed by atoms with E-state index in [2.05, 4.69) is 6.92 Å². The maximum atomic E-state index is 12.6. The second-order valence-corrected chi connectivity index (χ2v) is 7.25. The van der Waals surface area contributed by atoms with Crippen molar-refractivity contribution in [2.24, 2.45) is 0 Å². The van der Waals surface area contributed by atoms with Gasteiger partial charge in [0.2, 0.25) is 5.91 Å². The van der Waals surface area contributed by atoms with E-state index in [0.29, 0.717) is 13.0 Å². The molecule has 0 aromatic heterocycles. The van der Waals surface area contributed by atoms with Gasteiger partial charge in [-0.05, 0) is 18.6 Å². The van der Waals surface area contributed by atoms with Crippen LogP contribution >= 0.6 is 0 Å². The molecule has 0 spiro atoms. The van der Waals surface area contributed by atoms with Gasteiger partial charge < -0.3 is 4.74 Å². The molecule has 1 aliphatic rings. The highest BCUT2D eigenvalue weighted by molar-refractivity contribution is 7.89. The molecule has 1 aromatic rings. The molecule has 0 aliphatic carbocycles. The average molecular weight is 325 g/mol. The number of unbranched alkanes of at least 4 members (excludes halogenated alkanes) is 3. The van der Waals surface area contributed by atoms with Crippen LogP contribution in [0, 0.1) is 0 Å². The molecule has 0 unspecified atom stereocenters. The Balaban J connectivity index is 2.05. The van der Waals surface area contributed by atoms with E-state index in [9.17, 15) is 13.2 Å². The lowest BCUT2D eigenvalue weighted by Gasteiger charge is -2.24. The SMILES string of the molecule is CCCCCCO[C@@H]1CCC(=O)N1S(=O)(=O)c1ccccc1. The molecule has 1 amide bonds. The number of ether oxygens (including phenoxy) is 1. The summed E-state index contributed by atoms with van der Waals surface area (Å²) in [5, 5.41) is 0. The summed E-state index contributed by atoms with van der Waals surface area (Å²) in [4.78, 5) is 12.1. The first kappa shape index (κ1) is 17.0. The Hall–Kier alpha value is -1.40. The molecule has 5 nitrogen and oxygen atoms in total. The van der Waals surface area contributed by atoms with Crippen molar-refractivity contribution >= 4 is 15.9 Å². The van der Waals surface area contributed by atoms with Crippen molar-refractivity contribution in [1.82, 2.24) is 4.31 Å². The van der Waals surface area contributed by atoms with Crippen LogP contribution in [-0.4, -0.2) is 31.5 Å². The Bertz CT molecular complexity index is 585. The van der Waals surface area contributed by atoms with Crippen molar-refractivity contribution in [3.05, 3.63) is 30.3 Å². The first-order chi connectivity index (χ1) is 10.6. The minimum Gasteiger partial charge on any atom is -0.357 e. The van der Waals surface area contributed by atoms with Gasteiger partial charge in [0.05, 0.1) is 4.90 Å². The van der Waals surface area contributed by atoms with Gasteiger partial charge in [0.1, 0.15) is 6.23 Å². The lowest BCUT2D eigenvalue weighted by molar-refractivity contribution is -0.128. The summed E-state index contributed by atoms with van der Waals surface area (Å²) in [5.74, 6) is -0.387. The molecule has 1 aliphatic heterocycles. The van der Waals surface area contributed by atoms with E-state index in [0.717, 1.165) is 30.0 Å². The van der Waals surface area contributed by atoms with Gasteiger partial charge in [0.15, 0.2) is 0 Å². The summed E-state index contributed by atoms with van der Waals surface area (Å²) < 4.78 is 31.8. The number of rotatable bonds is 8. The zero-order valence-electron chi connectivity index (χ0n) is 12.9. The van der Waals surface area contributed by atoms with E-state index >= 15 is 0 Å². The van der Waals surface area contributed by atoms with E-state index in [1.54, 1.807) is 18.2 Å². The minimum absolute atomic E-state index is 0.129. The van der Waals surface area contributed by atoms with E-state index in [4.69, 9.17) is 4.74 Å². The summed E-state index contributed by atoms with van der Waals surface area (Å²) in [6, 6.07) is 8.03. The summed E-state index contributed by atoms with van der Waals surface area (Å²) >= 11 is 0. The zero-order chi connectivity index (χ0) is 16.0. The number of carbonyl (C=O) groups excluding carboxylic acids is 1. The molecular formula is C16H23NO4S. The van der Waals surface area contributed by atoms with Gasteiger partial charge in [-0.25, -0.2) is 12.7 Å². The largest absolute Gasteiger partial charge is 0.357 e. The normalized spacial score (nSPS) is 18.9. The van der Waals surface area contributed by atoms with E-state index < -0.39 is 16.3 Å². The van der Waals surface area contributed by atoms with E-state index in [1.807, 2.05) is 0 Å². The first-order valence-corrected chi connectivity index (χ1v) is 9.25. The molecule has 1 saturated heterocycles. The van der Waals surface area contributed by atoms with Crippen LogP contribution in [0.5, 0.6) is 0 Å². The Morgan fingerprint density at radius 3 is 2.59 bits per heavy atom. The molecule has 1 aromatic carbocycles. The van der Waals surface area contributed by atoms with Crippen LogP contribution in [0.3, 0.4) is 0 Å². The molecule has 0 radical (unpaired) electrons. The molecule has 6 heteroatoms. The standard InChI is InChI=1S/C16H23NO4S/c1-2-3-4-8-13-21-16-12-11-15(18)17(16)22(19,20)14-9-6-5-7-10-14/h5-7,9-10,16H,2-4,8,11-13H2,1H3/t16-/m1/s1. The van der Waals surface area contributed by atoms with Crippen molar-refractivity contribution in [3.63, 3.8) is 0 Å². The highest BCUT2D eigenvalue weighted by atomic mass is 32.2.